The maximum Gasteiger partial charge on any atom is 0.408 e. The number of amides is 3. The minimum absolute atomic E-state index is 0.000898. The van der Waals surface area contributed by atoms with Crippen LogP contribution in [0.25, 0.3) is 0 Å². The van der Waals surface area contributed by atoms with Gasteiger partial charge < -0.3 is 20.7 Å². The predicted octanol–water partition coefficient (Wildman–Crippen LogP) is 0.953. The van der Waals surface area contributed by atoms with Gasteiger partial charge >= 0.3 is 6.09 Å². The fraction of sp³-hybridized carbons (Fsp3) is 0.500. The van der Waals surface area contributed by atoms with Crippen LogP contribution in [0, 0.1) is 0 Å². The van der Waals surface area contributed by atoms with E-state index in [4.69, 9.17) is 4.74 Å². The smallest absolute Gasteiger partial charge is 0.408 e. The third-order valence-electron chi connectivity index (χ3n) is 3.51. The number of benzene rings is 1. The van der Waals surface area contributed by atoms with Gasteiger partial charge in [0.25, 0.3) is 0 Å². The van der Waals surface area contributed by atoms with E-state index >= 15 is 0 Å². The van der Waals surface area contributed by atoms with Crippen molar-refractivity contribution in [3.05, 3.63) is 24.3 Å². The predicted molar refractivity (Wildman–Crippen MR) is 108 cm³/mol. The molecule has 0 saturated carbocycles. The molecule has 0 aliphatic heterocycles. The molecule has 1 aromatic carbocycles. The molecule has 162 valence electrons. The number of sulfonamides is 1. The van der Waals surface area contributed by atoms with Gasteiger partial charge in [-0.15, -0.1) is 0 Å². The normalized spacial score (nSPS) is 12.1. The lowest BCUT2D eigenvalue weighted by Crippen LogP contribution is -2.53. The Hall–Kier alpha value is -2.66. The number of carbonyl (C=O) groups excluding carboxylic acids is 3. The first-order valence-corrected chi connectivity index (χ1v) is 10.3. The maximum absolute atomic E-state index is 12.7. The molecule has 0 radical (unpaired) electrons. The first kappa shape index (κ1) is 24.4. The number of hydrogen-bond donors (Lipinski definition) is 4. The Morgan fingerprint density at radius 1 is 1.03 bits per heavy atom. The lowest BCUT2D eigenvalue weighted by molar-refractivity contribution is -0.121. The van der Waals surface area contributed by atoms with Crippen LogP contribution in [0.1, 0.15) is 34.6 Å². The molecule has 0 spiro atoms. The van der Waals surface area contributed by atoms with Crippen molar-refractivity contribution in [1.82, 2.24) is 15.4 Å². The van der Waals surface area contributed by atoms with Crippen LogP contribution in [0.3, 0.4) is 0 Å². The molecule has 0 bridgehead atoms. The zero-order valence-corrected chi connectivity index (χ0v) is 18.2. The molecule has 0 unspecified atom stereocenters. The van der Waals surface area contributed by atoms with Crippen LogP contribution >= 0.6 is 0 Å². The van der Waals surface area contributed by atoms with Crippen LogP contribution in [0.4, 0.5) is 10.5 Å². The van der Waals surface area contributed by atoms with Gasteiger partial charge in [-0.2, -0.15) is 0 Å². The highest BCUT2D eigenvalue weighted by molar-refractivity contribution is 7.89. The first-order valence-electron chi connectivity index (χ1n) is 8.80. The Morgan fingerprint density at radius 3 is 2.17 bits per heavy atom. The van der Waals surface area contributed by atoms with Gasteiger partial charge in [-0.1, -0.05) is 12.1 Å². The summed E-state index contributed by atoms with van der Waals surface area (Å²) in [7, 11) is -2.69. The fourth-order valence-corrected chi connectivity index (χ4v) is 3.17. The molecule has 11 heteroatoms. The van der Waals surface area contributed by atoms with Gasteiger partial charge in [0, 0.05) is 7.05 Å². The molecule has 0 heterocycles. The number of carbonyl (C=O) groups is 3. The lowest BCUT2D eigenvalue weighted by atomic mass is 10.0. The largest absolute Gasteiger partial charge is 0.444 e. The molecule has 0 fully saturated rings. The summed E-state index contributed by atoms with van der Waals surface area (Å²) in [5.41, 5.74) is -2.14. The summed E-state index contributed by atoms with van der Waals surface area (Å²) in [6, 6.07) is 5.71. The molecule has 1 rings (SSSR count). The van der Waals surface area contributed by atoms with E-state index in [2.05, 4.69) is 20.7 Å². The van der Waals surface area contributed by atoms with Crippen molar-refractivity contribution >= 4 is 33.6 Å². The zero-order valence-electron chi connectivity index (χ0n) is 17.4. The number of rotatable bonds is 7. The first-order chi connectivity index (χ1) is 13.2. The monoisotopic (exact) mass is 428 g/mol. The summed E-state index contributed by atoms with van der Waals surface area (Å²) in [5, 5.41) is 7.25. The zero-order chi connectivity index (χ0) is 22.5. The van der Waals surface area contributed by atoms with Crippen molar-refractivity contribution in [2.45, 2.75) is 50.7 Å². The molecule has 0 saturated heterocycles. The summed E-state index contributed by atoms with van der Waals surface area (Å²) in [5.74, 6) is -1.17. The highest BCUT2D eigenvalue weighted by atomic mass is 32.2. The van der Waals surface area contributed by atoms with Crippen molar-refractivity contribution in [2.75, 3.05) is 18.9 Å². The van der Waals surface area contributed by atoms with Gasteiger partial charge in [0.1, 0.15) is 16.0 Å². The summed E-state index contributed by atoms with van der Waals surface area (Å²) in [6.45, 7) is 7.51. The number of alkyl carbamates (subject to hydrolysis) is 1. The average molecular weight is 429 g/mol. The van der Waals surface area contributed by atoms with Crippen LogP contribution in [0.15, 0.2) is 29.2 Å². The quantitative estimate of drug-likeness (QED) is 0.509. The number of nitrogens with one attached hydrogen (secondary N) is 4. The van der Waals surface area contributed by atoms with Crippen molar-refractivity contribution in [3.63, 3.8) is 0 Å². The van der Waals surface area contributed by atoms with E-state index in [0.29, 0.717) is 0 Å². The molecule has 3 amide bonds. The molecule has 4 N–H and O–H groups in total. The van der Waals surface area contributed by atoms with Crippen molar-refractivity contribution in [3.8, 4) is 0 Å². The van der Waals surface area contributed by atoms with E-state index in [0.717, 1.165) is 0 Å². The highest BCUT2D eigenvalue weighted by Crippen LogP contribution is 2.22. The molecule has 29 heavy (non-hydrogen) atoms. The molecule has 0 aliphatic carbocycles. The number of para-hydroxylation sites is 1. The Labute approximate surface area is 170 Å². The molecule has 0 aromatic heterocycles. The van der Waals surface area contributed by atoms with Gasteiger partial charge in [0.15, 0.2) is 0 Å². The van der Waals surface area contributed by atoms with Gasteiger partial charge in [0.05, 0.1) is 12.2 Å². The van der Waals surface area contributed by atoms with E-state index in [1.54, 1.807) is 26.8 Å². The van der Waals surface area contributed by atoms with Crippen molar-refractivity contribution < 1.29 is 27.5 Å². The van der Waals surface area contributed by atoms with Crippen LogP contribution in [-0.2, 0) is 24.3 Å². The summed E-state index contributed by atoms with van der Waals surface area (Å²) in [6.07, 6.45) is -0.786. The van der Waals surface area contributed by atoms with Crippen LogP contribution in [-0.4, -0.2) is 51.1 Å². The Balaban J connectivity index is 3.00. The third-order valence-corrected chi connectivity index (χ3v) is 4.97. The van der Waals surface area contributed by atoms with Gasteiger partial charge in [-0.3, -0.25) is 9.59 Å². The van der Waals surface area contributed by atoms with Crippen LogP contribution in [0.5, 0.6) is 0 Å². The van der Waals surface area contributed by atoms with E-state index < -0.39 is 45.6 Å². The average Bonchev–Trinajstić information content (AvgIpc) is 2.57. The fourth-order valence-electron chi connectivity index (χ4n) is 2.03. The number of ether oxygens (including phenoxy) is 1. The number of hydrogen-bond acceptors (Lipinski definition) is 6. The van der Waals surface area contributed by atoms with E-state index in [9.17, 15) is 22.8 Å². The molecule has 0 aliphatic rings. The molecule has 1 aromatic rings. The Kier molecular flexibility index (Phi) is 7.75. The third kappa shape index (κ3) is 7.70. The SMILES string of the molecule is CNC(=O)CNS(=O)(=O)c1ccccc1NC(=O)C(C)(C)NC(=O)OC(C)(C)C. The number of likely N-dealkylation sites (N-methyl/N-ethyl adjacent to an activating group) is 1. The summed E-state index contributed by atoms with van der Waals surface area (Å²) in [4.78, 5) is 35.8. The van der Waals surface area contributed by atoms with Gasteiger partial charge in [-0.05, 0) is 46.8 Å². The van der Waals surface area contributed by atoms with E-state index in [1.807, 2.05) is 0 Å². The minimum Gasteiger partial charge on any atom is -0.444 e. The second-order valence-corrected chi connectivity index (χ2v) is 9.44. The maximum atomic E-state index is 12.7. The number of anilines is 1. The topological polar surface area (TPSA) is 143 Å². The molecular formula is C18H28N4O6S. The molecular weight excluding hydrogens is 400 g/mol. The van der Waals surface area contributed by atoms with Crippen molar-refractivity contribution in [1.29, 1.82) is 0 Å². The summed E-state index contributed by atoms with van der Waals surface area (Å²) >= 11 is 0. The van der Waals surface area contributed by atoms with Crippen LogP contribution < -0.4 is 20.7 Å². The van der Waals surface area contributed by atoms with Gasteiger partial charge in [0.2, 0.25) is 21.8 Å². The second-order valence-electron chi connectivity index (χ2n) is 7.70. The highest BCUT2D eigenvalue weighted by Gasteiger charge is 2.32. The van der Waals surface area contributed by atoms with Crippen molar-refractivity contribution in [2.24, 2.45) is 0 Å². The minimum atomic E-state index is -4.07. The Bertz CT molecular complexity index is 875. The molecule has 0 atom stereocenters. The standard InChI is InChI=1S/C18H28N4O6S/c1-17(2,3)28-16(25)22-18(4,5)15(24)21-12-9-7-8-10-13(12)29(26,27)20-11-14(23)19-6/h7-10,20H,11H2,1-6H3,(H,19,23)(H,21,24)(H,22,25). The lowest BCUT2D eigenvalue weighted by Gasteiger charge is -2.28. The van der Waals surface area contributed by atoms with E-state index in [-0.39, 0.29) is 10.6 Å². The Morgan fingerprint density at radius 2 is 1.62 bits per heavy atom. The summed E-state index contributed by atoms with van der Waals surface area (Å²) < 4.78 is 32.3. The van der Waals surface area contributed by atoms with Crippen LogP contribution in [0.2, 0.25) is 0 Å². The van der Waals surface area contributed by atoms with E-state index in [1.165, 1.54) is 39.1 Å². The second kappa shape index (κ2) is 9.23. The molecule has 10 nitrogen and oxygen atoms in total. The van der Waals surface area contributed by atoms with Gasteiger partial charge in [-0.25, -0.2) is 17.9 Å².